The Bertz CT molecular complexity index is 355. The molecule has 6 heteroatoms. The number of amides is 1. The van der Waals surface area contributed by atoms with Gasteiger partial charge in [-0.2, -0.15) is 11.8 Å². The molecule has 0 spiro atoms. The molecule has 1 aliphatic rings. The van der Waals surface area contributed by atoms with E-state index in [1.165, 1.54) is 11.8 Å². The van der Waals surface area contributed by atoms with Gasteiger partial charge in [-0.3, -0.25) is 9.59 Å². The Morgan fingerprint density at radius 1 is 1.37 bits per heavy atom. The average molecular weight is 287 g/mol. The Kier molecular flexibility index (Phi) is 6.37. The van der Waals surface area contributed by atoms with Crippen LogP contribution in [0.2, 0.25) is 0 Å². The van der Waals surface area contributed by atoms with E-state index in [-0.39, 0.29) is 23.8 Å². The zero-order chi connectivity index (χ0) is 14.4. The van der Waals surface area contributed by atoms with Crippen molar-refractivity contribution in [1.29, 1.82) is 0 Å². The first-order valence-electron chi connectivity index (χ1n) is 6.33. The lowest BCUT2D eigenvalue weighted by atomic mass is 9.82. The van der Waals surface area contributed by atoms with Gasteiger partial charge < -0.3 is 15.5 Å². The highest BCUT2D eigenvalue weighted by Gasteiger charge is 2.34. The predicted octanol–water partition coefficient (Wildman–Crippen LogP) is 0.882. The van der Waals surface area contributed by atoms with Gasteiger partial charge in [0.25, 0.3) is 0 Å². The number of aliphatic carboxylic acids is 1. The standard InChI is InChI=1S/C13H21NO4S/c1-8(11(7-15)19-2)14-12(16)9-5-3-4-6-10(9)13(17)18/h3-4,8-11,15H,5-7H2,1-2H3,(H,14,16)(H,17,18). The molecular weight excluding hydrogens is 266 g/mol. The molecule has 0 aromatic carbocycles. The van der Waals surface area contributed by atoms with E-state index in [1.54, 1.807) is 0 Å². The normalized spacial score (nSPS) is 25.6. The van der Waals surface area contributed by atoms with E-state index in [0.29, 0.717) is 12.8 Å². The van der Waals surface area contributed by atoms with E-state index < -0.39 is 17.8 Å². The largest absolute Gasteiger partial charge is 0.481 e. The summed E-state index contributed by atoms with van der Waals surface area (Å²) in [5.74, 6) is -2.34. The van der Waals surface area contributed by atoms with Gasteiger partial charge in [0.1, 0.15) is 0 Å². The molecular formula is C13H21NO4S. The summed E-state index contributed by atoms with van der Waals surface area (Å²) < 4.78 is 0. The number of carboxylic acids is 1. The number of rotatable bonds is 6. The molecule has 1 amide bonds. The lowest BCUT2D eigenvalue weighted by molar-refractivity contribution is -0.147. The summed E-state index contributed by atoms with van der Waals surface area (Å²) in [5.41, 5.74) is 0. The summed E-state index contributed by atoms with van der Waals surface area (Å²) in [7, 11) is 0. The molecule has 4 unspecified atom stereocenters. The molecule has 0 heterocycles. The molecule has 0 radical (unpaired) electrons. The van der Waals surface area contributed by atoms with Crippen LogP contribution in [0, 0.1) is 11.8 Å². The second-order valence-corrected chi connectivity index (χ2v) is 5.82. The molecule has 0 aliphatic heterocycles. The van der Waals surface area contributed by atoms with Gasteiger partial charge in [0.2, 0.25) is 5.91 Å². The maximum Gasteiger partial charge on any atom is 0.307 e. The van der Waals surface area contributed by atoms with Crippen molar-refractivity contribution >= 4 is 23.6 Å². The summed E-state index contributed by atoms with van der Waals surface area (Å²) in [4.78, 5) is 23.3. The Hall–Kier alpha value is -1.01. The molecule has 0 bridgehead atoms. The third-order valence-corrected chi connectivity index (χ3v) is 4.66. The van der Waals surface area contributed by atoms with Crippen LogP contribution in [-0.2, 0) is 9.59 Å². The number of allylic oxidation sites excluding steroid dienone is 2. The monoisotopic (exact) mass is 287 g/mol. The molecule has 5 nitrogen and oxygen atoms in total. The third kappa shape index (κ3) is 4.24. The van der Waals surface area contributed by atoms with E-state index in [2.05, 4.69) is 5.32 Å². The van der Waals surface area contributed by atoms with Gasteiger partial charge >= 0.3 is 5.97 Å². The summed E-state index contributed by atoms with van der Waals surface area (Å²) in [6.45, 7) is 1.80. The molecule has 1 aliphatic carbocycles. The summed E-state index contributed by atoms with van der Waals surface area (Å²) in [6, 6.07) is -0.187. The minimum atomic E-state index is -0.930. The number of carboxylic acid groups (broad SMARTS) is 1. The van der Waals surface area contributed by atoms with Crippen LogP contribution in [0.3, 0.4) is 0 Å². The Morgan fingerprint density at radius 2 is 1.95 bits per heavy atom. The van der Waals surface area contributed by atoms with Gasteiger partial charge in [-0.1, -0.05) is 12.2 Å². The fraction of sp³-hybridized carbons (Fsp3) is 0.692. The summed E-state index contributed by atoms with van der Waals surface area (Å²) >= 11 is 1.48. The van der Waals surface area contributed by atoms with Crippen molar-refractivity contribution in [3.05, 3.63) is 12.2 Å². The maximum atomic E-state index is 12.2. The van der Waals surface area contributed by atoms with Crippen molar-refractivity contribution in [3.8, 4) is 0 Å². The lowest BCUT2D eigenvalue weighted by Gasteiger charge is -2.28. The fourth-order valence-electron chi connectivity index (χ4n) is 2.24. The second kappa shape index (κ2) is 7.55. The van der Waals surface area contributed by atoms with Gasteiger partial charge in [-0.25, -0.2) is 0 Å². The van der Waals surface area contributed by atoms with E-state index in [0.717, 1.165) is 0 Å². The molecule has 0 saturated carbocycles. The van der Waals surface area contributed by atoms with Crippen molar-refractivity contribution in [1.82, 2.24) is 5.32 Å². The van der Waals surface area contributed by atoms with E-state index in [1.807, 2.05) is 25.3 Å². The molecule has 0 aromatic heterocycles. The predicted molar refractivity (Wildman–Crippen MR) is 75.0 cm³/mol. The van der Waals surface area contributed by atoms with Gasteiger partial charge in [0.15, 0.2) is 0 Å². The minimum absolute atomic E-state index is 0.0183. The fourth-order valence-corrected chi connectivity index (χ4v) is 2.86. The number of thioether (sulfide) groups is 1. The highest BCUT2D eigenvalue weighted by Crippen LogP contribution is 2.26. The molecule has 108 valence electrons. The number of aliphatic hydroxyl groups excluding tert-OH is 1. The average Bonchev–Trinajstić information content (AvgIpc) is 2.40. The SMILES string of the molecule is CSC(CO)C(C)NC(=O)C1CC=CCC1C(=O)O. The zero-order valence-corrected chi connectivity index (χ0v) is 12.0. The summed E-state index contributed by atoms with van der Waals surface area (Å²) in [6.07, 6.45) is 6.39. The van der Waals surface area contributed by atoms with E-state index in [9.17, 15) is 14.7 Å². The van der Waals surface area contributed by atoms with Crippen molar-refractivity contribution < 1.29 is 19.8 Å². The number of carbonyl (C=O) groups excluding carboxylic acids is 1. The van der Waals surface area contributed by atoms with Crippen molar-refractivity contribution in [2.45, 2.75) is 31.1 Å². The van der Waals surface area contributed by atoms with E-state index >= 15 is 0 Å². The van der Waals surface area contributed by atoms with Crippen LogP contribution < -0.4 is 5.32 Å². The number of hydrogen-bond acceptors (Lipinski definition) is 4. The molecule has 0 aromatic rings. The zero-order valence-electron chi connectivity index (χ0n) is 11.2. The molecule has 19 heavy (non-hydrogen) atoms. The Balaban J connectivity index is 2.65. The van der Waals surface area contributed by atoms with Crippen molar-refractivity contribution in [2.75, 3.05) is 12.9 Å². The van der Waals surface area contributed by atoms with Crippen LogP contribution in [0.5, 0.6) is 0 Å². The van der Waals surface area contributed by atoms with Crippen molar-refractivity contribution in [3.63, 3.8) is 0 Å². The first-order chi connectivity index (χ1) is 9.01. The number of nitrogens with one attached hydrogen (secondary N) is 1. The third-order valence-electron chi connectivity index (χ3n) is 3.50. The van der Waals surface area contributed by atoms with Crippen LogP contribution >= 0.6 is 11.8 Å². The van der Waals surface area contributed by atoms with Gasteiger partial charge in [-0.15, -0.1) is 0 Å². The van der Waals surface area contributed by atoms with Crippen LogP contribution in [0.1, 0.15) is 19.8 Å². The molecule has 3 N–H and O–H groups in total. The maximum absolute atomic E-state index is 12.2. The van der Waals surface area contributed by atoms with Crippen LogP contribution in [-0.4, -0.2) is 46.2 Å². The second-order valence-electron chi connectivity index (χ2n) is 4.75. The van der Waals surface area contributed by atoms with Crippen LogP contribution in [0.25, 0.3) is 0 Å². The topological polar surface area (TPSA) is 86.6 Å². The first-order valence-corrected chi connectivity index (χ1v) is 7.61. The Morgan fingerprint density at radius 3 is 2.42 bits per heavy atom. The lowest BCUT2D eigenvalue weighted by Crippen LogP contribution is -2.46. The van der Waals surface area contributed by atoms with E-state index in [4.69, 9.17) is 5.11 Å². The number of aliphatic hydroxyl groups is 1. The molecule has 1 rings (SSSR count). The Labute approximate surface area is 117 Å². The highest BCUT2D eigenvalue weighted by atomic mass is 32.2. The minimum Gasteiger partial charge on any atom is -0.481 e. The molecule has 0 saturated heterocycles. The summed E-state index contributed by atoms with van der Waals surface area (Å²) in [5, 5.41) is 21.1. The molecule has 4 atom stereocenters. The number of carbonyl (C=O) groups is 2. The smallest absolute Gasteiger partial charge is 0.307 e. The highest BCUT2D eigenvalue weighted by molar-refractivity contribution is 7.99. The first kappa shape index (κ1) is 16.0. The van der Waals surface area contributed by atoms with Crippen molar-refractivity contribution in [2.24, 2.45) is 11.8 Å². The van der Waals surface area contributed by atoms with Crippen LogP contribution in [0.4, 0.5) is 0 Å². The number of hydrogen-bond donors (Lipinski definition) is 3. The van der Waals surface area contributed by atoms with Gasteiger partial charge in [0, 0.05) is 11.3 Å². The van der Waals surface area contributed by atoms with Gasteiger partial charge in [0.05, 0.1) is 18.4 Å². The van der Waals surface area contributed by atoms with Gasteiger partial charge in [-0.05, 0) is 26.0 Å². The molecule has 0 fully saturated rings. The quantitative estimate of drug-likeness (QED) is 0.631. The van der Waals surface area contributed by atoms with Crippen LogP contribution in [0.15, 0.2) is 12.2 Å².